The van der Waals surface area contributed by atoms with Crippen molar-refractivity contribution in [3.63, 3.8) is 0 Å². The van der Waals surface area contributed by atoms with Crippen LogP contribution in [0, 0.1) is 0 Å². The highest BCUT2D eigenvalue weighted by Crippen LogP contribution is 2.34. The van der Waals surface area contributed by atoms with Gasteiger partial charge in [-0.15, -0.1) is 0 Å². The molecule has 4 nitrogen and oxygen atoms in total. The van der Waals surface area contributed by atoms with E-state index in [9.17, 15) is 4.79 Å². The van der Waals surface area contributed by atoms with Gasteiger partial charge in [-0.05, 0) is 37.3 Å². The fourth-order valence-electron chi connectivity index (χ4n) is 1.95. The topological polar surface area (TPSA) is 50.4 Å². The molecule has 0 aliphatic heterocycles. The Kier molecular flexibility index (Phi) is 7.85. The summed E-state index contributed by atoms with van der Waals surface area (Å²) in [6, 6.07) is -0.110. The molecule has 0 spiro atoms. The number of hydrogen-bond acceptors (Lipinski definition) is 2. The van der Waals surface area contributed by atoms with Crippen LogP contribution in [0.15, 0.2) is 23.5 Å². The van der Waals surface area contributed by atoms with Gasteiger partial charge in [0.25, 0.3) is 0 Å². The zero-order chi connectivity index (χ0) is 14.8. The van der Waals surface area contributed by atoms with Gasteiger partial charge in [0.1, 0.15) is 12.4 Å². The van der Waals surface area contributed by atoms with Crippen LogP contribution in [-0.2, 0) is 4.74 Å². The molecule has 0 atom stereocenters. The fraction of sp³-hybridized carbons (Fsp3) is 0.688. The largest absolute Gasteiger partial charge is 0.492 e. The zero-order valence-corrected chi connectivity index (χ0v) is 12.9. The van der Waals surface area contributed by atoms with Crippen molar-refractivity contribution in [3.05, 3.63) is 23.5 Å². The third-order valence-electron chi connectivity index (χ3n) is 3.16. The average molecular weight is 280 g/mol. The van der Waals surface area contributed by atoms with E-state index >= 15 is 0 Å². The molecule has 1 aliphatic rings. The SMILES string of the molecule is C=C(C)C(OCCNC(=O)NCCCCCC)=C1CC1. The van der Waals surface area contributed by atoms with Gasteiger partial charge in [0.05, 0.1) is 6.54 Å². The van der Waals surface area contributed by atoms with Crippen LogP contribution in [-0.4, -0.2) is 25.7 Å². The second kappa shape index (κ2) is 9.45. The lowest BCUT2D eigenvalue weighted by atomic mass is 10.2. The molecular formula is C16H28N2O2. The Morgan fingerprint density at radius 1 is 1.20 bits per heavy atom. The molecule has 1 rings (SSSR count). The van der Waals surface area contributed by atoms with Crippen molar-refractivity contribution in [1.82, 2.24) is 10.6 Å². The molecule has 0 saturated heterocycles. The molecule has 20 heavy (non-hydrogen) atoms. The van der Waals surface area contributed by atoms with Crippen molar-refractivity contribution in [2.45, 2.75) is 52.4 Å². The van der Waals surface area contributed by atoms with Gasteiger partial charge in [-0.1, -0.05) is 32.8 Å². The molecule has 0 aromatic heterocycles. The maximum absolute atomic E-state index is 11.5. The predicted octanol–water partition coefficient (Wildman–Crippen LogP) is 3.51. The van der Waals surface area contributed by atoms with Crippen molar-refractivity contribution in [1.29, 1.82) is 0 Å². The van der Waals surface area contributed by atoms with E-state index in [1.807, 2.05) is 6.92 Å². The smallest absolute Gasteiger partial charge is 0.314 e. The molecular weight excluding hydrogens is 252 g/mol. The Hall–Kier alpha value is -1.45. The number of unbranched alkanes of at least 4 members (excludes halogenated alkanes) is 3. The van der Waals surface area contributed by atoms with Crippen molar-refractivity contribution >= 4 is 6.03 Å². The Morgan fingerprint density at radius 3 is 2.50 bits per heavy atom. The van der Waals surface area contributed by atoms with E-state index in [1.54, 1.807) is 0 Å². The van der Waals surface area contributed by atoms with Gasteiger partial charge in [0, 0.05) is 6.54 Å². The van der Waals surface area contributed by atoms with Crippen LogP contribution in [0.1, 0.15) is 52.4 Å². The Balaban J connectivity index is 2.02. The summed E-state index contributed by atoms with van der Waals surface area (Å²) in [6.07, 6.45) is 6.90. The molecule has 2 N–H and O–H groups in total. The van der Waals surface area contributed by atoms with Crippen molar-refractivity contribution in [2.75, 3.05) is 19.7 Å². The van der Waals surface area contributed by atoms with E-state index in [1.165, 1.54) is 24.8 Å². The number of rotatable bonds is 10. The first-order valence-electron chi connectivity index (χ1n) is 7.67. The van der Waals surface area contributed by atoms with E-state index in [0.29, 0.717) is 13.2 Å². The van der Waals surface area contributed by atoms with Gasteiger partial charge in [0.2, 0.25) is 0 Å². The molecule has 1 saturated carbocycles. The molecule has 0 radical (unpaired) electrons. The first kappa shape index (κ1) is 16.6. The third-order valence-corrected chi connectivity index (χ3v) is 3.16. The van der Waals surface area contributed by atoms with E-state index < -0.39 is 0 Å². The first-order valence-corrected chi connectivity index (χ1v) is 7.67. The maximum Gasteiger partial charge on any atom is 0.314 e. The van der Waals surface area contributed by atoms with Gasteiger partial charge in [-0.25, -0.2) is 4.79 Å². The third kappa shape index (κ3) is 7.22. The van der Waals surface area contributed by atoms with Crippen molar-refractivity contribution in [3.8, 4) is 0 Å². The number of nitrogens with one attached hydrogen (secondary N) is 2. The standard InChI is InChI=1S/C16H28N2O2/c1-4-5-6-7-10-17-16(19)18-11-12-20-15(13(2)3)14-8-9-14/h2,4-12H2,1,3H3,(H2,17,18,19). The highest BCUT2D eigenvalue weighted by Gasteiger charge is 2.19. The van der Waals surface area contributed by atoms with Crippen LogP contribution < -0.4 is 10.6 Å². The van der Waals surface area contributed by atoms with E-state index in [-0.39, 0.29) is 6.03 Å². The van der Waals surface area contributed by atoms with Gasteiger partial charge < -0.3 is 15.4 Å². The summed E-state index contributed by atoms with van der Waals surface area (Å²) in [5.41, 5.74) is 2.32. The number of carbonyl (C=O) groups excluding carboxylic acids is 1. The number of carbonyl (C=O) groups is 1. The summed E-state index contributed by atoms with van der Waals surface area (Å²) in [4.78, 5) is 11.5. The maximum atomic E-state index is 11.5. The number of amides is 2. The predicted molar refractivity (Wildman–Crippen MR) is 82.6 cm³/mol. The number of hydrogen-bond donors (Lipinski definition) is 2. The molecule has 0 bridgehead atoms. The zero-order valence-electron chi connectivity index (χ0n) is 12.9. The number of urea groups is 1. The minimum Gasteiger partial charge on any atom is -0.492 e. The lowest BCUT2D eigenvalue weighted by Gasteiger charge is -2.11. The normalized spacial score (nSPS) is 12.8. The van der Waals surface area contributed by atoms with Crippen LogP contribution in [0.4, 0.5) is 4.79 Å². The van der Waals surface area contributed by atoms with Crippen LogP contribution >= 0.6 is 0 Å². The minimum atomic E-state index is -0.110. The molecule has 114 valence electrons. The highest BCUT2D eigenvalue weighted by atomic mass is 16.5. The molecule has 1 aliphatic carbocycles. The summed E-state index contributed by atoms with van der Waals surface area (Å²) in [5, 5.41) is 5.65. The molecule has 2 amide bonds. The molecule has 0 aromatic carbocycles. The summed E-state index contributed by atoms with van der Waals surface area (Å²) >= 11 is 0. The number of allylic oxidation sites excluding steroid dienone is 2. The minimum absolute atomic E-state index is 0.110. The summed E-state index contributed by atoms with van der Waals surface area (Å²) in [6.45, 7) is 9.80. The Bertz CT molecular complexity index is 355. The van der Waals surface area contributed by atoms with Crippen LogP contribution in [0.3, 0.4) is 0 Å². The first-order chi connectivity index (χ1) is 9.65. The van der Waals surface area contributed by atoms with Crippen molar-refractivity contribution in [2.24, 2.45) is 0 Å². The van der Waals surface area contributed by atoms with Gasteiger partial charge in [-0.3, -0.25) is 0 Å². The average Bonchev–Trinajstić information content (AvgIpc) is 3.22. The Labute approximate surface area is 122 Å². The lowest BCUT2D eigenvalue weighted by molar-refractivity contribution is 0.211. The summed E-state index contributed by atoms with van der Waals surface area (Å²) in [5.74, 6) is 0.937. The molecule has 0 unspecified atom stereocenters. The second-order valence-corrected chi connectivity index (χ2v) is 5.30. The molecule has 0 heterocycles. The second-order valence-electron chi connectivity index (χ2n) is 5.30. The molecule has 0 aromatic rings. The monoisotopic (exact) mass is 280 g/mol. The summed E-state index contributed by atoms with van der Waals surface area (Å²) in [7, 11) is 0. The van der Waals surface area contributed by atoms with Gasteiger partial charge >= 0.3 is 6.03 Å². The highest BCUT2D eigenvalue weighted by molar-refractivity contribution is 5.73. The van der Waals surface area contributed by atoms with Gasteiger partial charge in [-0.2, -0.15) is 0 Å². The lowest BCUT2D eigenvalue weighted by Crippen LogP contribution is -2.37. The van der Waals surface area contributed by atoms with E-state index in [2.05, 4.69) is 24.1 Å². The van der Waals surface area contributed by atoms with E-state index in [4.69, 9.17) is 4.74 Å². The van der Waals surface area contributed by atoms with Gasteiger partial charge in [0.15, 0.2) is 0 Å². The van der Waals surface area contributed by atoms with Crippen LogP contribution in [0.2, 0.25) is 0 Å². The van der Waals surface area contributed by atoms with Crippen LogP contribution in [0.25, 0.3) is 0 Å². The number of ether oxygens (including phenoxy) is 1. The van der Waals surface area contributed by atoms with Crippen molar-refractivity contribution < 1.29 is 9.53 Å². The summed E-state index contributed by atoms with van der Waals surface area (Å²) < 4.78 is 5.67. The van der Waals surface area contributed by atoms with E-state index in [0.717, 1.165) is 37.1 Å². The Morgan fingerprint density at radius 2 is 1.90 bits per heavy atom. The fourth-order valence-corrected chi connectivity index (χ4v) is 1.95. The molecule has 4 heteroatoms. The quantitative estimate of drug-likeness (QED) is 0.475. The molecule has 1 fully saturated rings. The van der Waals surface area contributed by atoms with Crippen LogP contribution in [0.5, 0.6) is 0 Å².